The van der Waals surface area contributed by atoms with Gasteiger partial charge in [-0.25, -0.2) is 4.98 Å². The Hall–Kier alpha value is -3.24. The Morgan fingerprint density at radius 3 is 2.56 bits per heavy atom. The number of nitrogens with zero attached hydrogens (tertiary/aromatic N) is 4. The second-order valence-electron chi connectivity index (χ2n) is 7.71. The van der Waals surface area contributed by atoms with Gasteiger partial charge in [0, 0.05) is 38.8 Å². The molecule has 10 heteroatoms. The summed E-state index contributed by atoms with van der Waals surface area (Å²) >= 11 is 1.33. The SMILES string of the molecule is COc1ccc(-c2nc(SCC(=O)N3CCN(CCOc4ccccc4)CC3)n[nH]2)c(OC)c1. The van der Waals surface area contributed by atoms with Crippen LogP contribution in [0.5, 0.6) is 17.2 Å². The van der Waals surface area contributed by atoms with Crippen LogP contribution in [0.1, 0.15) is 0 Å². The van der Waals surface area contributed by atoms with Crippen molar-refractivity contribution in [1.29, 1.82) is 0 Å². The summed E-state index contributed by atoms with van der Waals surface area (Å²) in [7, 11) is 3.20. The minimum Gasteiger partial charge on any atom is -0.497 e. The Morgan fingerprint density at radius 2 is 1.82 bits per heavy atom. The quantitative estimate of drug-likeness (QED) is 0.440. The third-order valence-corrected chi connectivity index (χ3v) is 6.43. The van der Waals surface area contributed by atoms with Gasteiger partial charge in [0.2, 0.25) is 11.1 Å². The van der Waals surface area contributed by atoms with Gasteiger partial charge in [0.15, 0.2) is 5.82 Å². The molecule has 1 fully saturated rings. The van der Waals surface area contributed by atoms with Gasteiger partial charge in [-0.05, 0) is 24.3 Å². The maximum absolute atomic E-state index is 12.7. The maximum atomic E-state index is 12.7. The van der Waals surface area contributed by atoms with Crippen molar-refractivity contribution in [3.8, 4) is 28.6 Å². The van der Waals surface area contributed by atoms with Crippen molar-refractivity contribution in [2.45, 2.75) is 5.16 Å². The fourth-order valence-corrected chi connectivity index (χ4v) is 4.37. The minimum atomic E-state index is 0.0959. The van der Waals surface area contributed by atoms with Crippen molar-refractivity contribution in [2.24, 2.45) is 0 Å². The Bertz CT molecular complexity index is 1070. The van der Waals surface area contributed by atoms with Gasteiger partial charge in [-0.15, -0.1) is 5.10 Å². The number of rotatable bonds is 10. The Labute approximate surface area is 203 Å². The van der Waals surface area contributed by atoms with E-state index in [0.717, 1.165) is 30.9 Å². The Morgan fingerprint density at radius 1 is 1.03 bits per heavy atom. The average molecular weight is 484 g/mol. The lowest BCUT2D eigenvalue weighted by atomic mass is 10.2. The summed E-state index contributed by atoms with van der Waals surface area (Å²) in [5.74, 6) is 3.20. The number of piperazine rings is 1. The lowest BCUT2D eigenvalue weighted by Crippen LogP contribution is -2.50. The highest BCUT2D eigenvalue weighted by Crippen LogP contribution is 2.32. The fraction of sp³-hybridized carbons (Fsp3) is 0.375. The van der Waals surface area contributed by atoms with Crippen LogP contribution in [0.4, 0.5) is 0 Å². The van der Waals surface area contributed by atoms with Crippen LogP contribution in [0, 0.1) is 0 Å². The zero-order chi connectivity index (χ0) is 23.8. The third kappa shape index (κ3) is 6.21. The molecule has 2 heterocycles. The molecule has 0 atom stereocenters. The predicted octanol–water partition coefficient (Wildman–Crippen LogP) is 2.80. The van der Waals surface area contributed by atoms with Crippen molar-refractivity contribution in [3.05, 3.63) is 48.5 Å². The highest BCUT2D eigenvalue weighted by Gasteiger charge is 2.22. The van der Waals surface area contributed by atoms with Gasteiger partial charge in [0.05, 0.1) is 25.5 Å². The molecule has 0 aliphatic carbocycles. The van der Waals surface area contributed by atoms with Crippen LogP contribution < -0.4 is 14.2 Å². The van der Waals surface area contributed by atoms with E-state index < -0.39 is 0 Å². The summed E-state index contributed by atoms with van der Waals surface area (Å²) in [6.45, 7) is 4.60. The number of benzene rings is 2. The molecule has 180 valence electrons. The summed E-state index contributed by atoms with van der Waals surface area (Å²) < 4.78 is 16.4. The van der Waals surface area contributed by atoms with Crippen LogP contribution in [0.3, 0.4) is 0 Å². The molecule has 9 nitrogen and oxygen atoms in total. The van der Waals surface area contributed by atoms with Crippen molar-refractivity contribution in [2.75, 3.05) is 59.3 Å². The van der Waals surface area contributed by atoms with E-state index in [4.69, 9.17) is 14.2 Å². The largest absolute Gasteiger partial charge is 0.497 e. The van der Waals surface area contributed by atoms with Crippen molar-refractivity contribution < 1.29 is 19.0 Å². The van der Waals surface area contributed by atoms with E-state index in [1.54, 1.807) is 20.3 Å². The van der Waals surface area contributed by atoms with E-state index in [-0.39, 0.29) is 5.91 Å². The molecule has 3 aromatic rings. The number of thioether (sulfide) groups is 1. The third-order valence-electron chi connectivity index (χ3n) is 5.60. The molecule has 0 saturated carbocycles. The molecule has 0 unspecified atom stereocenters. The van der Waals surface area contributed by atoms with Crippen LogP contribution in [0.15, 0.2) is 53.7 Å². The number of methoxy groups -OCH3 is 2. The topological polar surface area (TPSA) is 92.8 Å². The molecular formula is C24H29N5O4S. The number of nitrogens with one attached hydrogen (secondary N) is 1. The summed E-state index contributed by atoms with van der Waals surface area (Å²) in [5, 5.41) is 7.70. The van der Waals surface area contributed by atoms with Gasteiger partial charge in [-0.2, -0.15) is 0 Å². The maximum Gasteiger partial charge on any atom is 0.233 e. The molecule has 1 aliphatic heterocycles. The summed E-state index contributed by atoms with van der Waals surface area (Å²) in [5.41, 5.74) is 0.779. The van der Waals surface area contributed by atoms with Crippen molar-refractivity contribution >= 4 is 17.7 Å². The van der Waals surface area contributed by atoms with Gasteiger partial charge < -0.3 is 19.1 Å². The van der Waals surface area contributed by atoms with Crippen LogP contribution in [0.2, 0.25) is 0 Å². The van der Waals surface area contributed by atoms with Crippen LogP contribution >= 0.6 is 11.8 Å². The van der Waals surface area contributed by atoms with Gasteiger partial charge >= 0.3 is 0 Å². The zero-order valence-corrected chi connectivity index (χ0v) is 20.2. The monoisotopic (exact) mass is 483 g/mol. The number of para-hydroxylation sites is 1. The first-order chi connectivity index (χ1) is 16.7. The van der Waals surface area contributed by atoms with E-state index in [9.17, 15) is 4.79 Å². The van der Waals surface area contributed by atoms with Crippen molar-refractivity contribution in [3.63, 3.8) is 0 Å². The smallest absolute Gasteiger partial charge is 0.233 e. The standard InChI is InChI=1S/C24H29N5O4S/c1-31-19-8-9-20(21(16-19)32-2)23-25-24(27-26-23)34-17-22(30)29-12-10-28(11-13-29)14-15-33-18-6-4-3-5-7-18/h3-9,16H,10-15,17H2,1-2H3,(H,25,26,27). The normalized spacial score (nSPS) is 14.1. The van der Waals surface area contributed by atoms with Gasteiger partial charge in [0.1, 0.15) is 23.9 Å². The number of carbonyl (C=O) groups excluding carboxylic acids is 1. The molecular weight excluding hydrogens is 454 g/mol. The lowest BCUT2D eigenvalue weighted by Gasteiger charge is -2.34. The minimum absolute atomic E-state index is 0.0959. The molecule has 0 bridgehead atoms. The van der Waals surface area contributed by atoms with Gasteiger partial charge in [0.25, 0.3) is 0 Å². The van der Waals surface area contributed by atoms with E-state index in [2.05, 4.69) is 20.1 Å². The van der Waals surface area contributed by atoms with Crippen LogP contribution in [0.25, 0.3) is 11.4 Å². The van der Waals surface area contributed by atoms with E-state index in [1.165, 1.54) is 11.8 Å². The highest BCUT2D eigenvalue weighted by atomic mass is 32.2. The number of aromatic amines is 1. The first-order valence-corrected chi connectivity index (χ1v) is 12.1. The second-order valence-corrected chi connectivity index (χ2v) is 8.65. The predicted molar refractivity (Wildman–Crippen MR) is 131 cm³/mol. The molecule has 1 aromatic heterocycles. The first-order valence-electron chi connectivity index (χ1n) is 11.1. The molecule has 2 aromatic carbocycles. The Balaban J connectivity index is 1.21. The summed E-state index contributed by atoms with van der Waals surface area (Å²) in [6, 6.07) is 15.3. The number of aromatic nitrogens is 3. The number of H-pyrrole nitrogens is 1. The van der Waals surface area contributed by atoms with Gasteiger partial charge in [-0.3, -0.25) is 14.8 Å². The second kappa shape index (κ2) is 11.8. The van der Waals surface area contributed by atoms with E-state index in [1.807, 2.05) is 47.4 Å². The number of carbonyl (C=O) groups is 1. The number of amides is 1. The van der Waals surface area contributed by atoms with Crippen LogP contribution in [-0.4, -0.2) is 90.2 Å². The van der Waals surface area contributed by atoms with Crippen molar-refractivity contribution in [1.82, 2.24) is 25.0 Å². The molecule has 0 radical (unpaired) electrons. The molecule has 1 N–H and O–H groups in total. The summed E-state index contributed by atoms with van der Waals surface area (Å²) in [4.78, 5) is 21.4. The molecule has 0 spiro atoms. The molecule has 1 saturated heterocycles. The van der Waals surface area contributed by atoms with E-state index >= 15 is 0 Å². The van der Waals surface area contributed by atoms with Gasteiger partial charge in [-0.1, -0.05) is 30.0 Å². The number of hydrogen-bond acceptors (Lipinski definition) is 8. The fourth-order valence-electron chi connectivity index (χ4n) is 3.67. The lowest BCUT2D eigenvalue weighted by molar-refractivity contribution is -0.130. The molecule has 1 amide bonds. The molecule has 1 aliphatic rings. The van der Waals surface area contributed by atoms with E-state index in [0.29, 0.717) is 47.9 Å². The molecule has 34 heavy (non-hydrogen) atoms. The average Bonchev–Trinajstić information content (AvgIpc) is 3.36. The number of ether oxygens (including phenoxy) is 3. The zero-order valence-electron chi connectivity index (χ0n) is 19.4. The highest BCUT2D eigenvalue weighted by molar-refractivity contribution is 7.99. The summed E-state index contributed by atoms with van der Waals surface area (Å²) in [6.07, 6.45) is 0. The molecule has 4 rings (SSSR count). The number of hydrogen-bond donors (Lipinski definition) is 1. The Kier molecular flexibility index (Phi) is 8.26. The first kappa shape index (κ1) is 23.9. The van der Waals surface area contributed by atoms with Crippen LogP contribution in [-0.2, 0) is 4.79 Å².